The number of benzene rings is 1. The molecule has 0 unspecified atom stereocenters. The molecule has 0 saturated heterocycles. The zero-order chi connectivity index (χ0) is 18.1. The highest BCUT2D eigenvalue weighted by atomic mass is 35.5. The summed E-state index contributed by atoms with van der Waals surface area (Å²) in [7, 11) is 1.40. The predicted molar refractivity (Wildman–Crippen MR) is 103 cm³/mol. The van der Waals surface area contributed by atoms with Crippen LogP contribution in [0, 0.1) is 20.8 Å². The minimum Gasteiger partial charge on any atom is -0.469 e. The largest absolute Gasteiger partial charge is 0.469 e. The molecule has 1 aromatic rings. The maximum atomic E-state index is 11.7. The fourth-order valence-electron chi connectivity index (χ4n) is 2.96. The molecular weight excluding hydrogens is 340 g/mol. The van der Waals surface area contributed by atoms with Gasteiger partial charge >= 0.3 is 5.97 Å². The maximum Gasteiger partial charge on any atom is 0.305 e. The van der Waals surface area contributed by atoms with Gasteiger partial charge in [0, 0.05) is 6.42 Å². The molecule has 0 heterocycles. The van der Waals surface area contributed by atoms with E-state index in [1.165, 1.54) is 29.4 Å². The first kappa shape index (κ1) is 23.4. The van der Waals surface area contributed by atoms with Crippen molar-refractivity contribution < 1.29 is 14.3 Å². The quantitative estimate of drug-likeness (QED) is 0.490. The van der Waals surface area contributed by atoms with Gasteiger partial charge in [0.1, 0.15) is 0 Å². The Balaban J connectivity index is 0.00000576. The molecule has 0 aliphatic rings. The van der Waals surface area contributed by atoms with E-state index in [4.69, 9.17) is 5.73 Å². The summed E-state index contributed by atoms with van der Waals surface area (Å²) in [5, 5.41) is 3.25. The Morgan fingerprint density at radius 3 is 2.24 bits per heavy atom. The van der Waals surface area contributed by atoms with Crippen LogP contribution in [0.3, 0.4) is 0 Å². The maximum absolute atomic E-state index is 11.7. The van der Waals surface area contributed by atoms with E-state index in [1.54, 1.807) is 0 Å². The minimum absolute atomic E-state index is 0. The molecule has 1 amide bonds. The van der Waals surface area contributed by atoms with Gasteiger partial charge in [-0.15, -0.1) is 12.4 Å². The third-order valence-corrected chi connectivity index (χ3v) is 4.27. The second-order valence-corrected chi connectivity index (χ2v) is 6.38. The Hall–Kier alpha value is -1.59. The molecule has 0 aliphatic carbocycles. The molecule has 1 atom stereocenters. The highest BCUT2D eigenvalue weighted by Crippen LogP contribution is 2.18. The molecule has 0 aromatic heterocycles. The molecule has 3 N–H and O–H groups in total. The second kappa shape index (κ2) is 11.9. The van der Waals surface area contributed by atoms with E-state index in [0.717, 1.165) is 19.3 Å². The summed E-state index contributed by atoms with van der Waals surface area (Å²) in [4.78, 5) is 22.8. The van der Waals surface area contributed by atoms with Gasteiger partial charge in [-0.1, -0.05) is 24.1 Å². The van der Waals surface area contributed by atoms with E-state index in [-0.39, 0.29) is 30.3 Å². The lowest BCUT2D eigenvalue weighted by Gasteiger charge is -2.19. The molecular formula is C19H31ClN2O3. The first-order valence-electron chi connectivity index (χ1n) is 8.51. The number of methoxy groups -OCH3 is 1. The number of nitrogens with one attached hydrogen (secondary N) is 1. The number of nitrogens with two attached hydrogens (primary N) is 1. The van der Waals surface area contributed by atoms with Crippen molar-refractivity contribution in [3.8, 4) is 0 Å². The lowest BCUT2D eigenvalue weighted by molar-refractivity contribution is -0.140. The van der Waals surface area contributed by atoms with Gasteiger partial charge in [-0.25, -0.2) is 0 Å². The molecule has 0 radical (unpaired) electrons. The number of ether oxygens (including phenoxy) is 1. The molecule has 0 spiro atoms. The normalized spacial score (nSPS) is 11.5. The zero-order valence-electron chi connectivity index (χ0n) is 15.7. The number of esters is 1. The highest BCUT2D eigenvalue weighted by molar-refractivity contribution is 5.85. The average Bonchev–Trinajstić information content (AvgIpc) is 2.51. The number of rotatable bonds is 10. The average molecular weight is 371 g/mol. The van der Waals surface area contributed by atoms with Crippen LogP contribution in [0.25, 0.3) is 0 Å². The number of halogens is 1. The van der Waals surface area contributed by atoms with Crippen molar-refractivity contribution in [1.82, 2.24) is 5.32 Å². The van der Waals surface area contributed by atoms with Crippen molar-refractivity contribution in [1.29, 1.82) is 0 Å². The minimum atomic E-state index is -0.370. The van der Waals surface area contributed by atoms with E-state index < -0.39 is 0 Å². The number of hydrogen-bond donors (Lipinski definition) is 2. The number of unbranched alkanes of at least 4 members (excludes halogenated alkanes) is 2. The van der Waals surface area contributed by atoms with Gasteiger partial charge in [0.25, 0.3) is 0 Å². The van der Waals surface area contributed by atoms with E-state index in [2.05, 4.69) is 43.0 Å². The summed E-state index contributed by atoms with van der Waals surface area (Å²) in [5.41, 5.74) is 10.3. The molecule has 1 rings (SSSR count). The van der Waals surface area contributed by atoms with Crippen LogP contribution in [0.5, 0.6) is 0 Å². The Kier molecular flexibility index (Phi) is 11.1. The SMILES string of the molecule is COC(=O)CCCCCN[C@@H](Cc1c(C)cc(C)cc1C)C(N)=O.Cl. The Labute approximate surface area is 157 Å². The zero-order valence-corrected chi connectivity index (χ0v) is 16.5. The Morgan fingerprint density at radius 2 is 1.72 bits per heavy atom. The smallest absolute Gasteiger partial charge is 0.305 e. The Morgan fingerprint density at radius 1 is 1.12 bits per heavy atom. The van der Waals surface area contributed by atoms with Crippen LogP contribution in [-0.4, -0.2) is 31.6 Å². The van der Waals surface area contributed by atoms with Gasteiger partial charge in [0.2, 0.25) is 5.91 Å². The lowest BCUT2D eigenvalue weighted by atomic mass is 9.94. The first-order chi connectivity index (χ1) is 11.3. The third kappa shape index (κ3) is 8.36. The van der Waals surface area contributed by atoms with Gasteiger partial charge in [-0.2, -0.15) is 0 Å². The number of carbonyl (C=O) groups is 2. The molecule has 0 fully saturated rings. The van der Waals surface area contributed by atoms with Crippen molar-refractivity contribution in [2.45, 2.75) is 58.9 Å². The summed E-state index contributed by atoms with van der Waals surface area (Å²) in [6.07, 6.45) is 3.65. The van der Waals surface area contributed by atoms with Gasteiger partial charge in [-0.3, -0.25) is 9.59 Å². The molecule has 1 aromatic carbocycles. The van der Waals surface area contributed by atoms with E-state index in [9.17, 15) is 9.59 Å². The monoisotopic (exact) mass is 370 g/mol. The first-order valence-corrected chi connectivity index (χ1v) is 8.51. The molecule has 0 aliphatic heterocycles. The summed E-state index contributed by atoms with van der Waals surface area (Å²) in [6.45, 7) is 6.92. The molecule has 25 heavy (non-hydrogen) atoms. The van der Waals surface area contributed by atoms with E-state index in [1.807, 2.05) is 0 Å². The van der Waals surface area contributed by atoms with Crippen molar-refractivity contribution >= 4 is 24.3 Å². The van der Waals surface area contributed by atoms with Crippen LogP contribution >= 0.6 is 12.4 Å². The van der Waals surface area contributed by atoms with Crippen molar-refractivity contribution in [3.63, 3.8) is 0 Å². The van der Waals surface area contributed by atoms with Gasteiger partial charge < -0.3 is 15.8 Å². The lowest BCUT2D eigenvalue weighted by Crippen LogP contribution is -2.43. The van der Waals surface area contributed by atoms with Crippen LogP contribution in [0.15, 0.2) is 12.1 Å². The number of amides is 1. The van der Waals surface area contributed by atoms with Crippen molar-refractivity contribution in [2.24, 2.45) is 5.73 Å². The summed E-state index contributed by atoms with van der Waals surface area (Å²) in [6, 6.07) is 3.89. The highest BCUT2D eigenvalue weighted by Gasteiger charge is 2.17. The summed E-state index contributed by atoms with van der Waals surface area (Å²) >= 11 is 0. The van der Waals surface area contributed by atoms with Crippen LogP contribution in [0.1, 0.15) is 47.9 Å². The topological polar surface area (TPSA) is 81.4 Å². The Bertz CT molecular complexity index is 553. The molecule has 142 valence electrons. The van der Waals surface area contributed by atoms with Crippen LogP contribution < -0.4 is 11.1 Å². The standard InChI is InChI=1S/C19H30N2O3.ClH/c1-13-10-14(2)16(15(3)11-13)12-17(19(20)23)21-9-7-5-6-8-18(22)24-4;/h10-11,17,21H,5-9,12H2,1-4H3,(H2,20,23);1H/t17-;/m0./s1. The van der Waals surface area contributed by atoms with Gasteiger partial charge in [-0.05, 0) is 63.3 Å². The number of carbonyl (C=O) groups excluding carboxylic acids is 2. The molecule has 0 bridgehead atoms. The second-order valence-electron chi connectivity index (χ2n) is 6.38. The van der Waals surface area contributed by atoms with Crippen LogP contribution in [-0.2, 0) is 20.7 Å². The predicted octanol–water partition coefficient (Wildman–Crippen LogP) is 2.75. The van der Waals surface area contributed by atoms with E-state index in [0.29, 0.717) is 19.4 Å². The molecule has 5 nitrogen and oxygen atoms in total. The fraction of sp³-hybridized carbons (Fsp3) is 0.579. The van der Waals surface area contributed by atoms with Gasteiger partial charge in [0.05, 0.1) is 13.2 Å². The summed E-state index contributed by atoms with van der Waals surface area (Å²) < 4.78 is 4.61. The number of hydrogen-bond acceptors (Lipinski definition) is 4. The van der Waals surface area contributed by atoms with Gasteiger partial charge in [0.15, 0.2) is 0 Å². The molecule has 6 heteroatoms. The van der Waals surface area contributed by atoms with Crippen LogP contribution in [0.4, 0.5) is 0 Å². The van der Waals surface area contributed by atoms with Crippen molar-refractivity contribution in [3.05, 3.63) is 34.4 Å². The third-order valence-electron chi connectivity index (χ3n) is 4.27. The number of aryl methyl sites for hydroxylation is 3. The van der Waals surface area contributed by atoms with E-state index >= 15 is 0 Å². The van der Waals surface area contributed by atoms with Crippen molar-refractivity contribution in [2.75, 3.05) is 13.7 Å². The summed E-state index contributed by atoms with van der Waals surface area (Å²) in [5.74, 6) is -0.507. The molecule has 0 saturated carbocycles. The number of primary amides is 1. The fourth-order valence-corrected chi connectivity index (χ4v) is 2.96. The van der Waals surface area contributed by atoms with Crippen LogP contribution in [0.2, 0.25) is 0 Å².